The van der Waals surface area contributed by atoms with E-state index in [0.29, 0.717) is 11.3 Å². The van der Waals surface area contributed by atoms with Gasteiger partial charge in [0.15, 0.2) is 0 Å². The summed E-state index contributed by atoms with van der Waals surface area (Å²) >= 11 is 0. The predicted molar refractivity (Wildman–Crippen MR) is 93.2 cm³/mol. The Balaban J connectivity index is 2.57. The standard InChI is InChI=1S/C19H19NO5/c1-4-25-19(24)15-11(2)10-14(18(22)23)16(12(15)3)17(21)20-13-8-6-5-7-9-13/h5-10H,4H2,1-3H3,(H,20,21)(H,22,23). The number of hydrogen-bond donors (Lipinski definition) is 2. The van der Waals surface area contributed by atoms with Crippen LogP contribution in [0.3, 0.4) is 0 Å². The lowest BCUT2D eigenvalue weighted by atomic mass is 9.92. The molecule has 2 rings (SSSR count). The number of rotatable bonds is 5. The molecule has 0 radical (unpaired) electrons. The van der Waals surface area contributed by atoms with Gasteiger partial charge < -0.3 is 15.2 Å². The predicted octanol–water partition coefficient (Wildman–Crippen LogP) is 3.43. The number of carboxylic acid groups (broad SMARTS) is 1. The first-order chi connectivity index (χ1) is 11.9. The minimum absolute atomic E-state index is 0.0509. The molecule has 0 aliphatic heterocycles. The molecule has 130 valence electrons. The van der Waals surface area contributed by atoms with Gasteiger partial charge in [-0.1, -0.05) is 18.2 Å². The van der Waals surface area contributed by atoms with Crippen LogP contribution in [0.25, 0.3) is 0 Å². The largest absolute Gasteiger partial charge is 0.478 e. The topological polar surface area (TPSA) is 92.7 Å². The maximum Gasteiger partial charge on any atom is 0.338 e. The Morgan fingerprint density at radius 2 is 1.72 bits per heavy atom. The zero-order chi connectivity index (χ0) is 18.6. The number of carboxylic acids is 1. The van der Waals surface area contributed by atoms with Gasteiger partial charge in [-0.25, -0.2) is 9.59 Å². The number of nitrogens with one attached hydrogen (secondary N) is 1. The van der Waals surface area contributed by atoms with Crippen molar-refractivity contribution in [2.75, 3.05) is 11.9 Å². The number of benzene rings is 2. The van der Waals surface area contributed by atoms with Gasteiger partial charge in [-0.2, -0.15) is 0 Å². The molecule has 6 nitrogen and oxygen atoms in total. The van der Waals surface area contributed by atoms with Crippen LogP contribution in [0.5, 0.6) is 0 Å². The summed E-state index contributed by atoms with van der Waals surface area (Å²) in [7, 11) is 0. The van der Waals surface area contributed by atoms with E-state index in [9.17, 15) is 19.5 Å². The molecular formula is C19H19NO5. The van der Waals surface area contributed by atoms with E-state index in [1.807, 2.05) is 0 Å². The van der Waals surface area contributed by atoms with E-state index in [4.69, 9.17) is 4.74 Å². The second-order valence-electron chi connectivity index (χ2n) is 5.46. The number of carbonyl (C=O) groups excluding carboxylic acids is 2. The first-order valence-corrected chi connectivity index (χ1v) is 7.77. The molecule has 6 heteroatoms. The fourth-order valence-corrected chi connectivity index (χ4v) is 2.68. The normalized spacial score (nSPS) is 10.2. The lowest BCUT2D eigenvalue weighted by Crippen LogP contribution is -2.21. The summed E-state index contributed by atoms with van der Waals surface area (Å²) < 4.78 is 5.02. The van der Waals surface area contributed by atoms with Crippen molar-refractivity contribution in [1.29, 1.82) is 0 Å². The van der Waals surface area contributed by atoms with Crippen LogP contribution in [0.2, 0.25) is 0 Å². The summed E-state index contributed by atoms with van der Waals surface area (Å²) in [5, 5.41) is 12.1. The van der Waals surface area contributed by atoms with Crippen LogP contribution in [0.15, 0.2) is 36.4 Å². The summed E-state index contributed by atoms with van der Waals surface area (Å²) in [6, 6.07) is 10.00. The SMILES string of the molecule is CCOC(=O)c1c(C)cc(C(=O)O)c(C(=O)Nc2ccccc2)c1C. The number of para-hydroxylation sites is 1. The molecule has 0 aromatic heterocycles. The molecule has 2 N–H and O–H groups in total. The summed E-state index contributed by atoms with van der Waals surface area (Å²) in [6.45, 7) is 5.03. The Kier molecular flexibility index (Phi) is 5.54. The van der Waals surface area contributed by atoms with Crippen molar-refractivity contribution in [3.8, 4) is 0 Å². The van der Waals surface area contributed by atoms with Crippen molar-refractivity contribution in [2.45, 2.75) is 20.8 Å². The van der Waals surface area contributed by atoms with Gasteiger partial charge >= 0.3 is 11.9 Å². The number of hydrogen-bond acceptors (Lipinski definition) is 4. The molecule has 0 heterocycles. The summed E-state index contributed by atoms with van der Waals surface area (Å²) in [5.74, 6) is -2.41. The third kappa shape index (κ3) is 3.85. The quantitative estimate of drug-likeness (QED) is 0.813. The molecule has 0 aliphatic carbocycles. The molecule has 0 saturated carbocycles. The van der Waals surface area contributed by atoms with Crippen LogP contribution in [-0.2, 0) is 4.74 Å². The monoisotopic (exact) mass is 341 g/mol. The van der Waals surface area contributed by atoms with Crippen molar-refractivity contribution in [1.82, 2.24) is 0 Å². The highest BCUT2D eigenvalue weighted by molar-refractivity contribution is 6.13. The average molecular weight is 341 g/mol. The highest BCUT2D eigenvalue weighted by atomic mass is 16.5. The lowest BCUT2D eigenvalue weighted by Gasteiger charge is -2.16. The van der Waals surface area contributed by atoms with E-state index in [1.54, 1.807) is 51.1 Å². The zero-order valence-corrected chi connectivity index (χ0v) is 14.3. The van der Waals surface area contributed by atoms with Crippen LogP contribution in [-0.4, -0.2) is 29.6 Å². The highest BCUT2D eigenvalue weighted by Crippen LogP contribution is 2.25. The lowest BCUT2D eigenvalue weighted by molar-refractivity contribution is 0.0523. The minimum Gasteiger partial charge on any atom is -0.478 e. The molecule has 0 atom stereocenters. The Bertz CT molecular complexity index is 827. The van der Waals surface area contributed by atoms with Gasteiger partial charge in [-0.15, -0.1) is 0 Å². The summed E-state index contributed by atoms with van der Waals surface area (Å²) in [5.41, 5.74) is 1.27. The third-order valence-electron chi connectivity index (χ3n) is 3.74. The van der Waals surface area contributed by atoms with Gasteiger partial charge in [0.05, 0.1) is 23.3 Å². The van der Waals surface area contributed by atoms with E-state index in [1.165, 1.54) is 6.07 Å². The number of ether oxygens (including phenoxy) is 1. The minimum atomic E-state index is -1.24. The van der Waals surface area contributed by atoms with E-state index in [0.717, 1.165) is 0 Å². The molecule has 25 heavy (non-hydrogen) atoms. The average Bonchev–Trinajstić information content (AvgIpc) is 2.55. The number of aryl methyl sites for hydroxylation is 1. The molecule has 0 aliphatic rings. The van der Waals surface area contributed by atoms with Gasteiger partial charge in [0.1, 0.15) is 0 Å². The number of esters is 1. The van der Waals surface area contributed by atoms with Crippen LogP contribution < -0.4 is 5.32 Å². The van der Waals surface area contributed by atoms with E-state index >= 15 is 0 Å². The highest BCUT2D eigenvalue weighted by Gasteiger charge is 2.26. The maximum absolute atomic E-state index is 12.7. The van der Waals surface area contributed by atoms with Gasteiger partial charge in [-0.3, -0.25) is 4.79 Å². The van der Waals surface area contributed by atoms with Gasteiger partial charge in [0, 0.05) is 5.69 Å². The number of anilines is 1. The first kappa shape index (κ1) is 18.2. The van der Waals surface area contributed by atoms with Crippen LogP contribution in [0.4, 0.5) is 5.69 Å². The van der Waals surface area contributed by atoms with Crippen molar-refractivity contribution in [3.05, 3.63) is 64.2 Å². The van der Waals surface area contributed by atoms with Crippen molar-refractivity contribution in [3.63, 3.8) is 0 Å². The fourth-order valence-electron chi connectivity index (χ4n) is 2.68. The summed E-state index contributed by atoms with van der Waals surface area (Å²) in [6.07, 6.45) is 0. The number of carbonyl (C=O) groups is 3. The molecule has 0 unspecified atom stereocenters. The molecule has 0 bridgehead atoms. The van der Waals surface area contributed by atoms with E-state index < -0.39 is 17.8 Å². The smallest absolute Gasteiger partial charge is 0.338 e. The molecule has 0 fully saturated rings. The second-order valence-corrected chi connectivity index (χ2v) is 5.46. The van der Waals surface area contributed by atoms with Gasteiger partial charge in [0.2, 0.25) is 0 Å². The van der Waals surface area contributed by atoms with Gasteiger partial charge in [-0.05, 0) is 50.1 Å². The van der Waals surface area contributed by atoms with Crippen molar-refractivity contribution < 1.29 is 24.2 Å². The Hall–Kier alpha value is -3.15. The Morgan fingerprint density at radius 1 is 1.08 bits per heavy atom. The Morgan fingerprint density at radius 3 is 2.28 bits per heavy atom. The molecule has 0 saturated heterocycles. The molecule has 2 aromatic carbocycles. The Labute approximate surface area is 145 Å². The van der Waals surface area contributed by atoms with Gasteiger partial charge in [0.25, 0.3) is 5.91 Å². The van der Waals surface area contributed by atoms with E-state index in [2.05, 4.69) is 5.32 Å². The zero-order valence-electron chi connectivity index (χ0n) is 14.3. The summed E-state index contributed by atoms with van der Waals surface area (Å²) in [4.78, 5) is 36.5. The third-order valence-corrected chi connectivity index (χ3v) is 3.74. The molecule has 1 amide bonds. The number of aromatic carboxylic acids is 1. The fraction of sp³-hybridized carbons (Fsp3) is 0.211. The molecule has 2 aromatic rings. The van der Waals surface area contributed by atoms with E-state index in [-0.39, 0.29) is 28.9 Å². The first-order valence-electron chi connectivity index (χ1n) is 7.77. The van der Waals surface area contributed by atoms with Crippen LogP contribution in [0, 0.1) is 13.8 Å². The van der Waals surface area contributed by atoms with Crippen molar-refractivity contribution >= 4 is 23.5 Å². The second kappa shape index (κ2) is 7.61. The maximum atomic E-state index is 12.7. The molecule has 0 spiro atoms. The van der Waals surface area contributed by atoms with Crippen LogP contribution >= 0.6 is 0 Å². The number of amides is 1. The molecular weight excluding hydrogens is 322 g/mol. The van der Waals surface area contributed by atoms with Crippen LogP contribution in [0.1, 0.15) is 49.1 Å². The van der Waals surface area contributed by atoms with Crippen molar-refractivity contribution in [2.24, 2.45) is 0 Å².